The van der Waals surface area contributed by atoms with E-state index in [1.807, 2.05) is 0 Å². The van der Waals surface area contributed by atoms with Crippen LogP contribution in [0.1, 0.15) is 206 Å². The molecule has 7 N–H and O–H groups in total. The highest BCUT2D eigenvalue weighted by atomic mass is 16.7. The molecule has 2 heterocycles. The molecule has 2 aliphatic heterocycles. The first-order valence-electron chi connectivity index (χ1n) is 28.2. The van der Waals surface area contributed by atoms with E-state index in [-0.39, 0.29) is 19.4 Å². The number of aliphatic hydroxyl groups is 7. The third kappa shape index (κ3) is 30.7. The standard InChI is InChI=1S/C57H100O15/c1-3-5-7-9-11-13-15-17-19-21-22-24-26-28-30-32-34-36-38-40-49(60)70-45(42-67-48(59)39-37-35-33-31-29-27-25-23-20-18-16-14-12-10-8-6-4-2)43-68-56-55(66)53(64)51(62)47(72-56)44-69-57-54(65)52(63)50(61)46(41-58)71-57/h11,13,17,19,22,24,28,30,45-47,50-58,61-66H,3-10,12,14-16,18,20-21,23,25-27,29,31-44H2,1-2H3/b13-11+,19-17+,24-22+,30-28+/t45-,46+,47+,50-,51-,52?,53?,54?,55?,56+,57+/m1/s1. The van der Waals surface area contributed by atoms with Crippen molar-refractivity contribution >= 4 is 11.9 Å². The Morgan fingerprint density at radius 1 is 0.444 bits per heavy atom. The van der Waals surface area contributed by atoms with E-state index in [4.69, 9.17) is 28.4 Å². The van der Waals surface area contributed by atoms with E-state index in [0.717, 1.165) is 64.2 Å². The summed E-state index contributed by atoms with van der Waals surface area (Å²) < 4.78 is 33.6. The maximum absolute atomic E-state index is 13.0. The number of hydrogen-bond donors (Lipinski definition) is 7. The summed E-state index contributed by atoms with van der Waals surface area (Å²) >= 11 is 0. The molecule has 418 valence electrons. The SMILES string of the molecule is CCCCC/C=C/C/C=C/C/C=C/C/C=C/CCCCCC(=O)O[C@H](COC(=O)CCCCCCCCCCCCCCCCCCC)CO[C@H]1O[C@@H](CO[C@H]2O[C@@H](CO)[C@@H](O)C(O)C2O)[C@@H](O)C(O)C1O. The number of aliphatic hydroxyl groups excluding tert-OH is 7. The Balaban J connectivity index is 1.79. The number of unbranched alkanes of at least 4 members (excludes halogenated alkanes) is 22. The van der Waals surface area contributed by atoms with E-state index in [1.165, 1.54) is 103 Å². The quantitative estimate of drug-likeness (QED) is 0.0171. The highest BCUT2D eigenvalue weighted by Gasteiger charge is 2.47. The minimum absolute atomic E-state index is 0.128. The molecule has 0 bridgehead atoms. The number of allylic oxidation sites excluding steroid dienone is 8. The number of esters is 2. The Bertz CT molecular complexity index is 1440. The zero-order valence-corrected chi connectivity index (χ0v) is 44.4. The number of carbonyl (C=O) groups is 2. The molecule has 2 saturated heterocycles. The largest absolute Gasteiger partial charge is 0.462 e. The van der Waals surface area contributed by atoms with E-state index in [9.17, 15) is 45.3 Å². The fourth-order valence-corrected chi connectivity index (χ4v) is 8.67. The summed E-state index contributed by atoms with van der Waals surface area (Å²) in [5, 5.41) is 72.2. The molecule has 0 aromatic carbocycles. The predicted octanol–water partition coefficient (Wildman–Crippen LogP) is 9.05. The number of rotatable bonds is 44. The van der Waals surface area contributed by atoms with E-state index in [0.29, 0.717) is 12.8 Å². The van der Waals surface area contributed by atoms with Crippen molar-refractivity contribution < 1.29 is 73.8 Å². The van der Waals surface area contributed by atoms with Gasteiger partial charge in [0.2, 0.25) is 0 Å². The van der Waals surface area contributed by atoms with Gasteiger partial charge in [-0.2, -0.15) is 0 Å². The van der Waals surface area contributed by atoms with Crippen LogP contribution in [0.4, 0.5) is 0 Å². The van der Waals surface area contributed by atoms with Crippen molar-refractivity contribution in [1.82, 2.24) is 0 Å². The minimum atomic E-state index is -1.77. The summed E-state index contributed by atoms with van der Waals surface area (Å²) in [5.41, 5.74) is 0. The molecule has 15 heteroatoms. The van der Waals surface area contributed by atoms with Crippen LogP contribution in [0.3, 0.4) is 0 Å². The fraction of sp³-hybridized carbons (Fsp3) is 0.825. The molecule has 0 aromatic rings. The molecule has 0 aliphatic carbocycles. The molecule has 0 spiro atoms. The van der Waals surface area contributed by atoms with Crippen LogP contribution in [0.5, 0.6) is 0 Å². The predicted molar refractivity (Wildman–Crippen MR) is 280 cm³/mol. The third-order valence-corrected chi connectivity index (χ3v) is 13.3. The summed E-state index contributed by atoms with van der Waals surface area (Å²) in [6.45, 7) is 2.55. The Morgan fingerprint density at radius 3 is 1.33 bits per heavy atom. The molecule has 2 fully saturated rings. The lowest BCUT2D eigenvalue weighted by Gasteiger charge is -2.42. The van der Waals surface area contributed by atoms with Crippen molar-refractivity contribution in [2.45, 2.75) is 274 Å². The van der Waals surface area contributed by atoms with Crippen molar-refractivity contribution in [1.29, 1.82) is 0 Å². The molecule has 4 unspecified atom stereocenters. The summed E-state index contributed by atoms with van der Waals surface area (Å²) in [7, 11) is 0. The van der Waals surface area contributed by atoms with Gasteiger partial charge < -0.3 is 64.2 Å². The highest BCUT2D eigenvalue weighted by molar-refractivity contribution is 5.70. The maximum Gasteiger partial charge on any atom is 0.306 e. The van der Waals surface area contributed by atoms with Gasteiger partial charge in [-0.15, -0.1) is 0 Å². The molecular formula is C57H100O15. The van der Waals surface area contributed by atoms with Crippen LogP contribution in [-0.4, -0.2) is 142 Å². The van der Waals surface area contributed by atoms with Gasteiger partial charge in [-0.05, 0) is 57.8 Å². The van der Waals surface area contributed by atoms with Gasteiger partial charge in [0.1, 0.15) is 55.4 Å². The summed E-state index contributed by atoms with van der Waals surface area (Å²) in [6.07, 6.45) is 32.7. The molecule has 0 aromatic heterocycles. The summed E-state index contributed by atoms with van der Waals surface area (Å²) in [4.78, 5) is 25.8. The molecule has 0 amide bonds. The van der Waals surface area contributed by atoms with Crippen molar-refractivity contribution in [3.05, 3.63) is 48.6 Å². The Labute approximate surface area is 433 Å². The first-order valence-corrected chi connectivity index (χ1v) is 28.2. The second-order valence-electron chi connectivity index (χ2n) is 19.8. The molecule has 2 rings (SSSR count). The normalized spacial score (nSPS) is 25.3. The Hall–Kier alpha value is -2.54. The van der Waals surface area contributed by atoms with Crippen LogP contribution >= 0.6 is 0 Å². The van der Waals surface area contributed by atoms with Crippen molar-refractivity contribution in [2.75, 3.05) is 26.4 Å². The van der Waals surface area contributed by atoms with Crippen LogP contribution in [0.25, 0.3) is 0 Å². The van der Waals surface area contributed by atoms with Gasteiger partial charge in [0, 0.05) is 12.8 Å². The van der Waals surface area contributed by atoms with Gasteiger partial charge in [-0.3, -0.25) is 9.59 Å². The minimum Gasteiger partial charge on any atom is -0.462 e. The van der Waals surface area contributed by atoms with E-state index < -0.39 is 99.3 Å². The van der Waals surface area contributed by atoms with Gasteiger partial charge >= 0.3 is 11.9 Å². The number of ether oxygens (including phenoxy) is 6. The van der Waals surface area contributed by atoms with Crippen molar-refractivity contribution in [3.63, 3.8) is 0 Å². The zero-order valence-electron chi connectivity index (χ0n) is 44.4. The van der Waals surface area contributed by atoms with Crippen LogP contribution in [0, 0.1) is 0 Å². The van der Waals surface area contributed by atoms with Crippen molar-refractivity contribution in [2.24, 2.45) is 0 Å². The zero-order chi connectivity index (χ0) is 52.4. The first kappa shape index (κ1) is 65.6. The van der Waals surface area contributed by atoms with E-state index >= 15 is 0 Å². The highest BCUT2D eigenvalue weighted by Crippen LogP contribution is 2.27. The monoisotopic (exact) mass is 1020 g/mol. The molecule has 0 saturated carbocycles. The lowest BCUT2D eigenvalue weighted by Crippen LogP contribution is -2.61. The molecule has 11 atom stereocenters. The molecular weight excluding hydrogens is 925 g/mol. The van der Waals surface area contributed by atoms with Crippen LogP contribution in [0.15, 0.2) is 48.6 Å². The Morgan fingerprint density at radius 2 is 0.833 bits per heavy atom. The van der Waals surface area contributed by atoms with Gasteiger partial charge in [0.15, 0.2) is 18.7 Å². The van der Waals surface area contributed by atoms with E-state index in [2.05, 4.69) is 62.5 Å². The number of hydrogen-bond acceptors (Lipinski definition) is 15. The fourth-order valence-electron chi connectivity index (χ4n) is 8.67. The van der Waals surface area contributed by atoms with E-state index in [1.54, 1.807) is 0 Å². The molecule has 15 nitrogen and oxygen atoms in total. The lowest BCUT2D eigenvalue weighted by molar-refractivity contribution is -0.332. The second kappa shape index (κ2) is 43.7. The van der Waals surface area contributed by atoms with Gasteiger partial charge in [0.05, 0.1) is 19.8 Å². The summed E-state index contributed by atoms with van der Waals surface area (Å²) in [5.74, 6) is -0.955. The Kier molecular flexibility index (Phi) is 39.8. The number of carbonyl (C=O) groups excluding carboxylic acids is 2. The van der Waals surface area contributed by atoms with Gasteiger partial charge in [0.25, 0.3) is 0 Å². The molecule has 2 aliphatic rings. The van der Waals surface area contributed by atoms with Gasteiger partial charge in [-0.1, -0.05) is 184 Å². The molecule has 0 radical (unpaired) electrons. The van der Waals surface area contributed by atoms with Crippen LogP contribution in [0.2, 0.25) is 0 Å². The van der Waals surface area contributed by atoms with Crippen molar-refractivity contribution in [3.8, 4) is 0 Å². The van der Waals surface area contributed by atoms with Gasteiger partial charge in [-0.25, -0.2) is 0 Å². The van der Waals surface area contributed by atoms with Crippen LogP contribution < -0.4 is 0 Å². The third-order valence-electron chi connectivity index (χ3n) is 13.3. The second-order valence-corrected chi connectivity index (χ2v) is 19.8. The maximum atomic E-state index is 13.0. The van der Waals surface area contributed by atoms with Crippen LogP contribution in [-0.2, 0) is 38.0 Å². The average Bonchev–Trinajstić information content (AvgIpc) is 3.37. The summed E-state index contributed by atoms with van der Waals surface area (Å²) in [6, 6.07) is 0. The average molecular weight is 1030 g/mol. The topological polar surface area (TPSA) is 231 Å². The molecule has 72 heavy (non-hydrogen) atoms. The smallest absolute Gasteiger partial charge is 0.306 e. The lowest BCUT2D eigenvalue weighted by atomic mass is 9.98. The first-order chi connectivity index (χ1) is 35.0.